The lowest BCUT2D eigenvalue weighted by atomic mass is 9.96. The van der Waals surface area contributed by atoms with E-state index in [0.29, 0.717) is 0 Å². The molecule has 1 aromatic heterocycles. The van der Waals surface area contributed by atoms with Gasteiger partial charge in [0.25, 0.3) is 0 Å². The largest absolute Gasteiger partial charge is 0.396 e. The van der Waals surface area contributed by atoms with Gasteiger partial charge in [-0.3, -0.25) is 0 Å². The van der Waals surface area contributed by atoms with Gasteiger partial charge in [-0.2, -0.15) is 0 Å². The van der Waals surface area contributed by atoms with Crippen LogP contribution in [0.2, 0.25) is 0 Å². The second-order valence-electron chi connectivity index (χ2n) is 6.75. The summed E-state index contributed by atoms with van der Waals surface area (Å²) in [6, 6.07) is 1.94. The normalized spacial score (nSPS) is 16.9. The van der Waals surface area contributed by atoms with E-state index in [2.05, 4.69) is 48.3 Å². The van der Waals surface area contributed by atoms with Gasteiger partial charge in [0.1, 0.15) is 17.5 Å². The number of nitrogens with zero attached hydrogens (tertiary/aromatic N) is 2. The number of hydrogen-bond acceptors (Lipinski definition) is 5. The van der Waals surface area contributed by atoms with Crippen molar-refractivity contribution in [3.8, 4) is 0 Å². The predicted octanol–water partition coefficient (Wildman–Crippen LogP) is 2.39. The van der Waals surface area contributed by atoms with Crippen LogP contribution in [-0.2, 0) is 5.41 Å². The molecule has 5 nitrogen and oxygen atoms in total. The third-order valence-corrected chi connectivity index (χ3v) is 3.69. The number of aliphatic hydroxyl groups excluding tert-OH is 1. The summed E-state index contributed by atoms with van der Waals surface area (Å²) in [6.45, 7) is 10.2. The van der Waals surface area contributed by atoms with E-state index in [1.165, 1.54) is 0 Å². The first kappa shape index (κ1) is 15.0. The molecule has 0 bridgehead atoms. The molecule has 0 amide bonds. The minimum absolute atomic E-state index is 0.0746. The Kier molecular flexibility index (Phi) is 4.18. The van der Waals surface area contributed by atoms with Crippen molar-refractivity contribution in [1.82, 2.24) is 9.97 Å². The molecule has 3 N–H and O–H groups in total. The molecule has 0 saturated heterocycles. The Morgan fingerprint density at radius 2 is 1.80 bits per heavy atom. The van der Waals surface area contributed by atoms with Gasteiger partial charge in [0.05, 0.1) is 6.61 Å². The van der Waals surface area contributed by atoms with Crippen LogP contribution in [-0.4, -0.2) is 34.8 Å². The molecule has 1 heterocycles. The van der Waals surface area contributed by atoms with Crippen LogP contribution in [0.5, 0.6) is 0 Å². The SMILES string of the molecule is CCNc1cc(NCC2(CO)CC2)nc(C(C)(C)C)n1. The summed E-state index contributed by atoms with van der Waals surface area (Å²) >= 11 is 0. The zero-order valence-corrected chi connectivity index (χ0v) is 13.0. The van der Waals surface area contributed by atoms with Gasteiger partial charge < -0.3 is 15.7 Å². The molecule has 1 fully saturated rings. The van der Waals surface area contributed by atoms with E-state index in [0.717, 1.165) is 43.4 Å². The van der Waals surface area contributed by atoms with Crippen LogP contribution in [0, 0.1) is 5.41 Å². The molecule has 0 atom stereocenters. The van der Waals surface area contributed by atoms with Gasteiger partial charge in [0.2, 0.25) is 0 Å². The van der Waals surface area contributed by atoms with E-state index in [1.807, 2.05) is 6.07 Å². The minimum atomic E-state index is -0.0872. The van der Waals surface area contributed by atoms with Gasteiger partial charge in [-0.25, -0.2) is 9.97 Å². The fraction of sp³-hybridized carbons (Fsp3) is 0.733. The van der Waals surface area contributed by atoms with Crippen molar-refractivity contribution in [1.29, 1.82) is 0 Å². The first-order chi connectivity index (χ1) is 9.38. The summed E-state index contributed by atoms with van der Waals surface area (Å²) in [5.74, 6) is 2.51. The fourth-order valence-corrected chi connectivity index (χ4v) is 1.99. The van der Waals surface area contributed by atoms with E-state index in [4.69, 9.17) is 0 Å². The first-order valence-corrected chi connectivity index (χ1v) is 7.37. The van der Waals surface area contributed by atoms with Crippen molar-refractivity contribution < 1.29 is 5.11 Å². The summed E-state index contributed by atoms with van der Waals surface area (Å²) in [5, 5.41) is 16.0. The van der Waals surface area contributed by atoms with E-state index < -0.39 is 0 Å². The lowest BCUT2D eigenvalue weighted by Crippen LogP contribution is -2.22. The zero-order chi connectivity index (χ0) is 14.8. The maximum Gasteiger partial charge on any atom is 0.138 e. The Bertz CT molecular complexity index is 463. The van der Waals surface area contributed by atoms with Crippen LogP contribution in [0.1, 0.15) is 46.4 Å². The van der Waals surface area contributed by atoms with E-state index in [-0.39, 0.29) is 17.4 Å². The average molecular weight is 278 g/mol. The summed E-state index contributed by atoms with van der Waals surface area (Å²) < 4.78 is 0. The van der Waals surface area contributed by atoms with Crippen molar-refractivity contribution in [3.05, 3.63) is 11.9 Å². The van der Waals surface area contributed by atoms with Crippen LogP contribution >= 0.6 is 0 Å². The maximum atomic E-state index is 9.37. The van der Waals surface area contributed by atoms with Crippen LogP contribution in [0.3, 0.4) is 0 Å². The third kappa shape index (κ3) is 3.60. The number of aliphatic hydroxyl groups is 1. The summed E-state index contributed by atoms with van der Waals surface area (Å²) in [7, 11) is 0. The number of nitrogens with one attached hydrogen (secondary N) is 2. The van der Waals surface area contributed by atoms with Crippen LogP contribution in [0.15, 0.2) is 6.07 Å². The molecule has 0 radical (unpaired) electrons. The smallest absolute Gasteiger partial charge is 0.138 e. The lowest BCUT2D eigenvalue weighted by molar-refractivity contribution is 0.219. The number of aromatic nitrogens is 2. The van der Waals surface area contributed by atoms with Gasteiger partial charge in [-0.15, -0.1) is 0 Å². The van der Waals surface area contributed by atoms with Crippen LogP contribution in [0.25, 0.3) is 0 Å². The minimum Gasteiger partial charge on any atom is -0.396 e. The van der Waals surface area contributed by atoms with Gasteiger partial charge in [0.15, 0.2) is 0 Å². The molecule has 0 aromatic carbocycles. The average Bonchev–Trinajstić information content (AvgIpc) is 3.16. The first-order valence-electron chi connectivity index (χ1n) is 7.37. The second-order valence-corrected chi connectivity index (χ2v) is 6.75. The monoisotopic (exact) mass is 278 g/mol. The number of hydrogen-bond donors (Lipinski definition) is 3. The Labute approximate surface area is 121 Å². The van der Waals surface area contributed by atoms with Crippen molar-refractivity contribution in [2.75, 3.05) is 30.3 Å². The van der Waals surface area contributed by atoms with Crippen molar-refractivity contribution in [2.45, 2.75) is 46.0 Å². The van der Waals surface area contributed by atoms with Crippen LogP contribution < -0.4 is 10.6 Å². The third-order valence-electron chi connectivity index (χ3n) is 3.69. The van der Waals surface area contributed by atoms with E-state index in [1.54, 1.807) is 0 Å². The molecule has 1 aliphatic rings. The molecular formula is C15H26N4O. The molecule has 112 valence electrons. The Balaban J connectivity index is 2.16. The number of rotatable bonds is 6. The zero-order valence-electron chi connectivity index (χ0n) is 13.0. The van der Waals surface area contributed by atoms with E-state index in [9.17, 15) is 5.11 Å². The summed E-state index contributed by atoms with van der Waals surface area (Å²) in [5.41, 5.74) is -0.0126. The van der Waals surface area contributed by atoms with Gasteiger partial charge in [0, 0.05) is 30.0 Å². The highest BCUT2D eigenvalue weighted by molar-refractivity contribution is 5.48. The number of anilines is 2. The molecule has 2 rings (SSSR count). The maximum absolute atomic E-state index is 9.37. The van der Waals surface area contributed by atoms with Gasteiger partial charge in [-0.1, -0.05) is 20.8 Å². The Morgan fingerprint density at radius 1 is 1.20 bits per heavy atom. The molecule has 1 saturated carbocycles. The highest BCUT2D eigenvalue weighted by atomic mass is 16.3. The molecule has 0 aliphatic heterocycles. The second kappa shape index (κ2) is 5.56. The predicted molar refractivity (Wildman–Crippen MR) is 82.1 cm³/mol. The highest BCUT2D eigenvalue weighted by Gasteiger charge is 2.41. The van der Waals surface area contributed by atoms with E-state index >= 15 is 0 Å². The Hall–Kier alpha value is -1.36. The molecule has 1 aromatic rings. The van der Waals surface area contributed by atoms with Crippen molar-refractivity contribution in [2.24, 2.45) is 5.41 Å². The molecule has 20 heavy (non-hydrogen) atoms. The molecular weight excluding hydrogens is 252 g/mol. The van der Waals surface area contributed by atoms with Gasteiger partial charge >= 0.3 is 0 Å². The molecule has 0 spiro atoms. The molecule has 0 unspecified atom stereocenters. The van der Waals surface area contributed by atoms with Crippen molar-refractivity contribution in [3.63, 3.8) is 0 Å². The highest BCUT2D eigenvalue weighted by Crippen LogP contribution is 2.44. The summed E-state index contributed by atoms with van der Waals surface area (Å²) in [6.07, 6.45) is 2.18. The topological polar surface area (TPSA) is 70.1 Å². The Morgan fingerprint density at radius 3 is 2.25 bits per heavy atom. The quantitative estimate of drug-likeness (QED) is 0.745. The van der Waals surface area contributed by atoms with Crippen LogP contribution in [0.4, 0.5) is 11.6 Å². The molecule has 1 aliphatic carbocycles. The summed E-state index contributed by atoms with van der Waals surface area (Å²) in [4.78, 5) is 9.17. The van der Waals surface area contributed by atoms with Crippen molar-refractivity contribution >= 4 is 11.6 Å². The fourth-order valence-electron chi connectivity index (χ4n) is 1.99. The standard InChI is InChI=1S/C15H26N4O/c1-5-16-11-8-12(17-9-15(10-20)6-7-15)19-13(18-11)14(2,3)4/h8,20H,5-7,9-10H2,1-4H3,(H2,16,17,18,19). The van der Waals surface area contributed by atoms with Gasteiger partial charge in [-0.05, 0) is 19.8 Å². The molecule has 5 heteroatoms. The lowest BCUT2D eigenvalue weighted by Gasteiger charge is -2.20.